The normalized spacial score (nSPS) is 17.3. The molecule has 2 aromatic heterocycles. The number of nitrogens with zero attached hydrogens (tertiary/aromatic N) is 4. The Kier molecular flexibility index (Phi) is 3.64. The topological polar surface area (TPSA) is 76.2 Å². The van der Waals surface area contributed by atoms with Gasteiger partial charge in [-0.25, -0.2) is 9.78 Å². The van der Waals surface area contributed by atoms with Crippen LogP contribution in [0.2, 0.25) is 0 Å². The Bertz CT molecular complexity index is 633. The van der Waals surface area contributed by atoms with Gasteiger partial charge in [0.25, 0.3) is 0 Å². The van der Waals surface area contributed by atoms with Gasteiger partial charge in [-0.15, -0.1) is 0 Å². The van der Waals surface area contributed by atoms with Crippen LogP contribution in [0.15, 0.2) is 23.0 Å². The molecular weight excluding hydrogens is 270 g/mol. The lowest BCUT2D eigenvalue weighted by Gasteiger charge is -2.28. The minimum absolute atomic E-state index is 0.167. The SMILES string of the molecule is Cc1cc(NC(=O)N(C)C[C@H]2CCc3nccn3C2)no1. The number of fused-ring (bicyclic) bond motifs is 1. The van der Waals surface area contributed by atoms with Crippen molar-refractivity contribution < 1.29 is 9.32 Å². The zero-order valence-electron chi connectivity index (χ0n) is 12.2. The molecule has 1 aliphatic rings. The summed E-state index contributed by atoms with van der Waals surface area (Å²) in [5.41, 5.74) is 0. The summed E-state index contributed by atoms with van der Waals surface area (Å²) < 4.78 is 7.10. The van der Waals surface area contributed by atoms with Gasteiger partial charge in [0.1, 0.15) is 11.6 Å². The maximum atomic E-state index is 12.1. The fourth-order valence-electron chi connectivity index (χ4n) is 2.69. The largest absolute Gasteiger partial charge is 0.360 e. The maximum absolute atomic E-state index is 12.1. The van der Waals surface area contributed by atoms with E-state index in [9.17, 15) is 4.79 Å². The van der Waals surface area contributed by atoms with E-state index in [0.717, 1.165) is 25.2 Å². The molecule has 7 nitrogen and oxygen atoms in total. The van der Waals surface area contributed by atoms with Crippen LogP contribution in [-0.2, 0) is 13.0 Å². The molecule has 2 aromatic rings. The van der Waals surface area contributed by atoms with Crippen LogP contribution >= 0.6 is 0 Å². The van der Waals surface area contributed by atoms with Crippen LogP contribution in [0, 0.1) is 12.8 Å². The fraction of sp³-hybridized carbons (Fsp3) is 0.500. The van der Waals surface area contributed by atoms with Crippen molar-refractivity contribution in [1.29, 1.82) is 0 Å². The first-order valence-corrected chi connectivity index (χ1v) is 7.07. The van der Waals surface area contributed by atoms with Crippen molar-refractivity contribution in [3.63, 3.8) is 0 Å². The van der Waals surface area contributed by atoms with E-state index in [4.69, 9.17) is 4.52 Å². The van der Waals surface area contributed by atoms with Crippen LogP contribution in [0.25, 0.3) is 0 Å². The molecule has 21 heavy (non-hydrogen) atoms. The predicted octanol–water partition coefficient (Wildman–Crippen LogP) is 1.91. The zero-order valence-corrected chi connectivity index (χ0v) is 12.2. The van der Waals surface area contributed by atoms with Gasteiger partial charge < -0.3 is 14.0 Å². The van der Waals surface area contributed by atoms with Crippen LogP contribution < -0.4 is 5.32 Å². The molecule has 3 heterocycles. The van der Waals surface area contributed by atoms with Crippen molar-refractivity contribution in [2.45, 2.75) is 26.3 Å². The van der Waals surface area contributed by atoms with Crippen LogP contribution in [-0.4, -0.2) is 39.2 Å². The molecule has 0 bridgehead atoms. The first kappa shape index (κ1) is 13.7. The summed E-state index contributed by atoms with van der Waals surface area (Å²) in [6.07, 6.45) is 5.86. The Balaban J connectivity index is 1.54. The molecule has 0 aliphatic carbocycles. The Labute approximate surface area is 122 Å². The van der Waals surface area contributed by atoms with Crippen LogP contribution in [0.5, 0.6) is 0 Å². The number of rotatable bonds is 3. The molecule has 0 saturated heterocycles. The smallest absolute Gasteiger partial charge is 0.322 e. The van der Waals surface area contributed by atoms with Gasteiger partial charge in [0.05, 0.1) is 0 Å². The van der Waals surface area contributed by atoms with E-state index < -0.39 is 0 Å². The molecule has 1 N–H and O–H groups in total. The number of aromatic nitrogens is 3. The highest BCUT2D eigenvalue weighted by Gasteiger charge is 2.22. The van der Waals surface area contributed by atoms with Gasteiger partial charge >= 0.3 is 6.03 Å². The molecule has 0 radical (unpaired) electrons. The molecule has 0 fully saturated rings. The second-order valence-corrected chi connectivity index (χ2v) is 5.53. The van der Waals surface area contributed by atoms with Gasteiger partial charge in [-0.3, -0.25) is 5.32 Å². The van der Waals surface area contributed by atoms with E-state index in [1.54, 1.807) is 24.9 Å². The van der Waals surface area contributed by atoms with Crippen molar-refractivity contribution in [2.24, 2.45) is 5.92 Å². The molecule has 112 valence electrons. The summed E-state index contributed by atoms with van der Waals surface area (Å²) in [4.78, 5) is 18.1. The predicted molar refractivity (Wildman–Crippen MR) is 76.9 cm³/mol. The number of hydrogen-bond donors (Lipinski definition) is 1. The number of carbonyl (C=O) groups excluding carboxylic acids is 1. The van der Waals surface area contributed by atoms with Crippen molar-refractivity contribution in [1.82, 2.24) is 19.6 Å². The summed E-state index contributed by atoms with van der Waals surface area (Å²) in [7, 11) is 1.80. The zero-order chi connectivity index (χ0) is 14.8. The molecule has 1 aliphatic heterocycles. The second-order valence-electron chi connectivity index (χ2n) is 5.53. The quantitative estimate of drug-likeness (QED) is 0.936. The van der Waals surface area contributed by atoms with E-state index in [2.05, 4.69) is 20.0 Å². The van der Waals surface area contributed by atoms with Crippen LogP contribution in [0.3, 0.4) is 0 Å². The number of amides is 2. The van der Waals surface area contributed by atoms with Crippen molar-refractivity contribution in [3.05, 3.63) is 30.0 Å². The lowest BCUT2D eigenvalue weighted by atomic mass is 9.99. The molecule has 0 saturated carbocycles. The Morgan fingerprint density at radius 3 is 3.24 bits per heavy atom. The monoisotopic (exact) mass is 289 g/mol. The fourth-order valence-corrected chi connectivity index (χ4v) is 2.69. The summed E-state index contributed by atoms with van der Waals surface area (Å²) in [5.74, 6) is 2.70. The van der Waals surface area contributed by atoms with E-state index in [1.165, 1.54) is 0 Å². The minimum atomic E-state index is -0.167. The van der Waals surface area contributed by atoms with Gasteiger partial charge in [0.2, 0.25) is 0 Å². The van der Waals surface area contributed by atoms with Gasteiger partial charge in [-0.2, -0.15) is 0 Å². The van der Waals surface area contributed by atoms with Gasteiger partial charge in [-0.05, 0) is 19.3 Å². The molecular formula is C14H19N5O2. The first-order valence-electron chi connectivity index (χ1n) is 7.07. The molecule has 0 spiro atoms. The molecule has 0 aromatic carbocycles. The van der Waals surface area contributed by atoms with Crippen LogP contribution in [0.1, 0.15) is 18.0 Å². The Morgan fingerprint density at radius 2 is 2.48 bits per heavy atom. The summed E-state index contributed by atoms with van der Waals surface area (Å²) in [5, 5.41) is 6.49. The maximum Gasteiger partial charge on any atom is 0.322 e. The molecule has 2 amide bonds. The minimum Gasteiger partial charge on any atom is -0.360 e. The van der Waals surface area contributed by atoms with E-state index in [0.29, 0.717) is 24.0 Å². The third-order valence-corrected chi connectivity index (χ3v) is 3.77. The highest BCUT2D eigenvalue weighted by Crippen LogP contribution is 2.19. The lowest BCUT2D eigenvalue weighted by Crippen LogP contribution is -2.37. The third kappa shape index (κ3) is 3.07. The molecule has 0 unspecified atom stereocenters. The van der Waals surface area contributed by atoms with Crippen LogP contribution in [0.4, 0.5) is 10.6 Å². The van der Waals surface area contributed by atoms with Gasteiger partial charge in [0, 0.05) is 45.0 Å². The third-order valence-electron chi connectivity index (χ3n) is 3.77. The number of carbonyl (C=O) groups is 1. The second kappa shape index (κ2) is 5.59. The highest BCUT2D eigenvalue weighted by molar-refractivity contribution is 5.88. The Morgan fingerprint density at radius 1 is 1.62 bits per heavy atom. The number of hydrogen-bond acceptors (Lipinski definition) is 4. The summed E-state index contributed by atoms with van der Waals surface area (Å²) >= 11 is 0. The van der Waals surface area contributed by atoms with Crippen molar-refractivity contribution in [2.75, 3.05) is 18.9 Å². The number of aryl methyl sites for hydroxylation is 2. The van der Waals surface area contributed by atoms with Crippen molar-refractivity contribution >= 4 is 11.8 Å². The summed E-state index contributed by atoms with van der Waals surface area (Å²) in [6.45, 7) is 3.41. The van der Waals surface area contributed by atoms with E-state index in [-0.39, 0.29) is 6.03 Å². The molecule has 1 atom stereocenters. The average molecular weight is 289 g/mol. The van der Waals surface area contributed by atoms with Gasteiger partial charge in [0.15, 0.2) is 5.82 Å². The number of anilines is 1. The van der Waals surface area contributed by atoms with E-state index in [1.807, 2.05) is 12.4 Å². The Hall–Kier alpha value is -2.31. The number of imidazole rings is 1. The van der Waals surface area contributed by atoms with Crippen molar-refractivity contribution in [3.8, 4) is 0 Å². The number of nitrogens with one attached hydrogen (secondary N) is 1. The summed E-state index contributed by atoms with van der Waals surface area (Å²) in [6, 6.07) is 1.53. The van der Waals surface area contributed by atoms with Gasteiger partial charge in [-0.1, -0.05) is 5.16 Å². The lowest BCUT2D eigenvalue weighted by molar-refractivity contribution is 0.205. The average Bonchev–Trinajstić information content (AvgIpc) is 3.07. The highest BCUT2D eigenvalue weighted by atomic mass is 16.5. The molecule has 7 heteroatoms. The first-order chi connectivity index (χ1) is 10.1. The standard InChI is InChI=1S/C14H19N5O2/c1-10-7-12(17-21-10)16-14(20)18(2)8-11-3-4-13-15-5-6-19(13)9-11/h5-7,11H,3-4,8-9H2,1-2H3,(H,16,17,20)/t11-/m1/s1. The number of urea groups is 1. The van der Waals surface area contributed by atoms with E-state index >= 15 is 0 Å². The molecule has 3 rings (SSSR count).